The van der Waals surface area contributed by atoms with Crippen molar-refractivity contribution < 1.29 is 52.9 Å². The summed E-state index contributed by atoms with van der Waals surface area (Å²) in [4.78, 5) is 24.0. The van der Waals surface area contributed by atoms with Gasteiger partial charge in [-0.15, -0.1) is 0 Å². The molecule has 5 N–H and O–H groups in total. The molecule has 0 amide bonds. The molecule has 0 fully saturated rings. The molecule has 4 rings (SSSR count). The third kappa shape index (κ3) is 5.38. The summed E-state index contributed by atoms with van der Waals surface area (Å²) in [5.41, 5.74) is 1.57. The molecule has 2 aliphatic rings. The van der Waals surface area contributed by atoms with Gasteiger partial charge in [-0.1, -0.05) is 0 Å². The molecule has 0 saturated carbocycles. The topological polar surface area (TPSA) is 139 Å². The van der Waals surface area contributed by atoms with Crippen molar-refractivity contribution in [3.05, 3.63) is 67.2 Å². The zero-order valence-corrected chi connectivity index (χ0v) is 23.7. The summed E-state index contributed by atoms with van der Waals surface area (Å²) >= 11 is 3.88. The Morgan fingerprint density at radius 2 is 1.66 bits per heavy atom. The fourth-order valence-corrected chi connectivity index (χ4v) is 8.09. The maximum atomic E-state index is 12.2. The summed E-state index contributed by atoms with van der Waals surface area (Å²) in [6, 6.07) is 11.1. The Hall–Kier alpha value is 0.215. The minimum absolute atomic E-state index is 0. The van der Waals surface area contributed by atoms with Crippen LogP contribution in [0.25, 0.3) is 33.4 Å². The van der Waals surface area contributed by atoms with Gasteiger partial charge in [-0.3, -0.25) is 0 Å². The summed E-state index contributed by atoms with van der Waals surface area (Å²) in [6.45, 7) is 0. The van der Waals surface area contributed by atoms with E-state index in [1.807, 2.05) is 0 Å². The molecule has 12 heteroatoms. The summed E-state index contributed by atoms with van der Waals surface area (Å²) < 4.78 is 17.0. The van der Waals surface area contributed by atoms with Crippen molar-refractivity contribution in [3.63, 3.8) is 0 Å². The van der Waals surface area contributed by atoms with Crippen LogP contribution in [0, 0.1) is 0 Å². The van der Waals surface area contributed by atoms with Crippen molar-refractivity contribution in [1.29, 1.82) is 0 Å². The second-order valence-electron chi connectivity index (χ2n) is 6.33. The Morgan fingerprint density at radius 3 is 2.28 bits per heavy atom. The summed E-state index contributed by atoms with van der Waals surface area (Å²) in [6.07, 6.45) is 0. The average molecular weight is 773 g/mol. The van der Waals surface area contributed by atoms with E-state index in [2.05, 4.69) is 31.9 Å². The van der Waals surface area contributed by atoms with Crippen LogP contribution in [0.3, 0.4) is 0 Å². The van der Waals surface area contributed by atoms with Gasteiger partial charge in [0.2, 0.25) is 0 Å². The number of aromatic hydroxyl groups is 1. The van der Waals surface area contributed by atoms with Gasteiger partial charge in [0.15, 0.2) is 0 Å². The molecule has 0 aromatic heterocycles. The molecule has 1 aliphatic heterocycles. The fourth-order valence-electron chi connectivity index (χ4n) is 3.37. The molecule has 0 atom stereocenters. The van der Waals surface area contributed by atoms with Crippen LogP contribution < -0.4 is 8.50 Å². The normalized spacial score (nSPS) is 9.97. The molecule has 0 unspecified atom stereocenters. The molecule has 0 radical (unpaired) electrons. The van der Waals surface area contributed by atoms with E-state index in [-0.39, 0.29) is 92.7 Å². The number of benzene rings is 3. The standard InChI is InChI=1S/C20H9Br2O5.Hg.2Na.2H2O.2H/c21-13-5-11-17(7-15(13)23)27-18-8-16(24)14(22)6-12(18)19(11)9-3-1-2-4-10(9)20(25)26;;;;;;;/h1-7,24H,(H,25,26);;;;2*1H2;;/q;+1;;;;;;/p-1. The molecule has 1 heterocycles. The van der Waals surface area contributed by atoms with Crippen molar-refractivity contribution in [2.24, 2.45) is 0 Å². The second-order valence-corrected chi connectivity index (χ2v) is 12.0. The van der Waals surface area contributed by atoms with Crippen molar-refractivity contribution >= 4 is 111 Å². The number of phenolic OH excluding ortho intramolecular Hbond substituents is 1. The molecule has 0 bridgehead atoms. The van der Waals surface area contributed by atoms with Gasteiger partial charge in [0.25, 0.3) is 0 Å². The Bertz CT molecular complexity index is 1340. The van der Waals surface area contributed by atoms with Crippen molar-refractivity contribution in [2.45, 2.75) is 0 Å². The van der Waals surface area contributed by atoms with Gasteiger partial charge in [0, 0.05) is 0 Å². The molecule has 2 aromatic carbocycles. The number of hydrogen-bond donors (Lipinski definition) is 3. The molecular weight excluding hydrogens is 759 g/mol. The summed E-state index contributed by atoms with van der Waals surface area (Å²) in [7, 11) is 0. The van der Waals surface area contributed by atoms with Crippen molar-refractivity contribution in [2.75, 3.05) is 0 Å². The van der Waals surface area contributed by atoms with Gasteiger partial charge in [0.05, 0.1) is 0 Å². The van der Waals surface area contributed by atoms with Gasteiger partial charge >= 0.3 is 254 Å². The number of carboxylic acids is 1. The van der Waals surface area contributed by atoms with Crippen LogP contribution in [-0.2, 0) is 25.0 Å². The molecule has 7 nitrogen and oxygen atoms in total. The van der Waals surface area contributed by atoms with Crippen LogP contribution >= 0.6 is 31.9 Å². The van der Waals surface area contributed by atoms with E-state index < -0.39 is 31.0 Å². The first-order valence-electron chi connectivity index (χ1n) is 8.37. The van der Waals surface area contributed by atoms with Gasteiger partial charge in [0.1, 0.15) is 0 Å². The van der Waals surface area contributed by atoms with Crippen molar-refractivity contribution in [1.82, 2.24) is 0 Å². The number of aromatic carboxylic acids is 1. The van der Waals surface area contributed by atoms with Gasteiger partial charge in [-0.2, -0.15) is 0 Å². The van der Waals surface area contributed by atoms with Gasteiger partial charge in [-0.05, 0) is 0 Å². The summed E-state index contributed by atoms with van der Waals surface area (Å²) in [5, 5.41) is 20.6. The number of carboxylic acid groups (broad SMARTS) is 1. The molecule has 154 valence electrons. The second kappa shape index (κ2) is 12.3. The number of hydrogen-bond acceptors (Lipinski definition) is 5. The fraction of sp³-hybridized carbons (Fsp3) is 0. The number of rotatable bonds is 3. The Kier molecular flexibility index (Phi) is 11.6. The SMILES string of the molecule is O.O=C(O)c1ccccc1-c1c2cc(Br)c(=O)cc-2oc2[c]([Hg][OH])c(O)c(Br)cc12.[NaH].[NaH]. The number of fused-ring (bicyclic) bond motifs is 2. The third-order valence-electron chi connectivity index (χ3n) is 4.67. The quantitative estimate of drug-likeness (QED) is 0.215. The maximum absolute atomic E-state index is 12.2. The van der Waals surface area contributed by atoms with Crippen LogP contribution in [0.15, 0.2) is 60.6 Å². The number of carbonyl (C=O) groups is 1. The van der Waals surface area contributed by atoms with Crippen LogP contribution in [0.2, 0.25) is 0 Å². The molecule has 32 heavy (non-hydrogen) atoms. The predicted octanol–water partition coefficient (Wildman–Crippen LogP) is 1.99. The average Bonchev–Trinajstić information content (AvgIpc) is 2.69. The number of halogens is 2. The van der Waals surface area contributed by atoms with Gasteiger partial charge in [-0.25, -0.2) is 0 Å². The first kappa shape index (κ1) is 30.2. The van der Waals surface area contributed by atoms with E-state index in [4.69, 9.17) is 4.42 Å². The monoisotopic (exact) mass is 772 g/mol. The van der Waals surface area contributed by atoms with Crippen LogP contribution in [0.1, 0.15) is 10.4 Å². The Morgan fingerprint density at radius 1 is 1.00 bits per heavy atom. The van der Waals surface area contributed by atoms with Crippen LogP contribution in [0.4, 0.5) is 0 Å². The van der Waals surface area contributed by atoms with Crippen LogP contribution in [0.5, 0.6) is 5.75 Å². The third-order valence-corrected chi connectivity index (χ3v) is 9.68. The zero-order chi connectivity index (χ0) is 20.9. The minimum atomic E-state index is -2.67. The Balaban J connectivity index is 0.00000171. The van der Waals surface area contributed by atoms with E-state index in [9.17, 15) is 22.8 Å². The van der Waals surface area contributed by atoms with Crippen molar-refractivity contribution in [3.8, 4) is 28.2 Å². The predicted molar refractivity (Wildman–Crippen MR) is 128 cm³/mol. The Labute approximate surface area is 255 Å². The molecule has 2 aromatic rings. The van der Waals surface area contributed by atoms with E-state index in [1.54, 1.807) is 30.3 Å². The molecule has 0 saturated heterocycles. The van der Waals surface area contributed by atoms with Gasteiger partial charge < -0.3 is 5.48 Å². The number of phenols is 1. The summed E-state index contributed by atoms with van der Waals surface area (Å²) in [5.74, 6) is -0.949. The van der Waals surface area contributed by atoms with E-state index >= 15 is 0 Å². The van der Waals surface area contributed by atoms with E-state index in [0.717, 1.165) is 0 Å². The van der Waals surface area contributed by atoms with E-state index in [1.165, 1.54) is 12.1 Å². The molecule has 1 aliphatic carbocycles. The van der Waals surface area contributed by atoms with E-state index in [0.29, 0.717) is 34.1 Å². The molecule has 0 spiro atoms. The van der Waals surface area contributed by atoms with Crippen LogP contribution in [-0.4, -0.2) is 83.8 Å². The first-order valence-corrected chi connectivity index (χ1v) is 15.2. The first-order chi connectivity index (χ1) is 13.8. The zero-order valence-electron chi connectivity index (χ0n) is 15.1. The molecular formula is C20H14Br2HgNa2O7.